The van der Waals surface area contributed by atoms with Gasteiger partial charge < -0.3 is 10.2 Å². The lowest BCUT2D eigenvalue weighted by molar-refractivity contribution is -0.384. The van der Waals surface area contributed by atoms with Crippen LogP contribution in [0.1, 0.15) is 28.4 Å². The van der Waals surface area contributed by atoms with E-state index in [0.29, 0.717) is 34.3 Å². The molecule has 0 bridgehead atoms. The summed E-state index contributed by atoms with van der Waals surface area (Å²) in [5.41, 5.74) is 3.25. The fraction of sp³-hybridized carbons (Fsp3) is 0.0938. The molecule has 2 aliphatic rings. The maximum Gasteiger partial charge on any atom is 0.416 e. The van der Waals surface area contributed by atoms with Gasteiger partial charge in [-0.15, -0.1) is 0 Å². The van der Waals surface area contributed by atoms with E-state index >= 15 is 0 Å². The third-order valence-electron chi connectivity index (χ3n) is 7.49. The summed E-state index contributed by atoms with van der Waals surface area (Å²) in [5.74, 6) is 1.01. The number of alkyl halides is 3. The summed E-state index contributed by atoms with van der Waals surface area (Å²) >= 11 is 0. The summed E-state index contributed by atoms with van der Waals surface area (Å²) in [6, 6.07) is 27.3. The number of fused-ring (bicyclic) bond motifs is 4. The number of nitro benzene ring substituents is 1. The van der Waals surface area contributed by atoms with Crippen molar-refractivity contribution in [2.45, 2.75) is 19.1 Å². The SMILES string of the molecule is Cc1nn(-c2ccccc2)c2c1[C@H](c1cccc([N+](=O)[O-])c1)N1C(=N2)C(Nc2cccc(C(F)(F)F)c2)=Nc2ccccc21. The molecule has 9 nitrogen and oxygen atoms in total. The molecule has 0 spiro atoms. The number of aryl methyl sites for hydroxylation is 1. The lowest BCUT2D eigenvalue weighted by atomic mass is 9.93. The normalized spacial score (nSPS) is 15.5. The van der Waals surface area contributed by atoms with Gasteiger partial charge in [0, 0.05) is 23.4 Å². The third kappa shape index (κ3) is 4.56. The van der Waals surface area contributed by atoms with Crippen LogP contribution >= 0.6 is 0 Å². The predicted molar refractivity (Wildman–Crippen MR) is 161 cm³/mol. The number of rotatable bonds is 4. The first kappa shape index (κ1) is 27.1. The van der Waals surface area contributed by atoms with Gasteiger partial charge in [0.15, 0.2) is 17.5 Å². The van der Waals surface area contributed by atoms with Gasteiger partial charge in [0.1, 0.15) is 0 Å². The van der Waals surface area contributed by atoms with Crippen molar-refractivity contribution < 1.29 is 18.1 Å². The lowest BCUT2D eigenvalue weighted by Crippen LogP contribution is -2.46. The summed E-state index contributed by atoms with van der Waals surface area (Å²) in [4.78, 5) is 23.1. The van der Waals surface area contributed by atoms with Gasteiger partial charge in [-0.25, -0.2) is 14.7 Å². The van der Waals surface area contributed by atoms with E-state index in [-0.39, 0.29) is 17.2 Å². The van der Waals surface area contributed by atoms with Crippen LogP contribution in [-0.2, 0) is 6.18 Å². The van der Waals surface area contributed by atoms with Crippen molar-refractivity contribution in [2.75, 3.05) is 10.2 Å². The van der Waals surface area contributed by atoms with Gasteiger partial charge in [-0.1, -0.05) is 48.5 Å². The largest absolute Gasteiger partial charge is 0.416 e. The molecule has 0 radical (unpaired) electrons. The summed E-state index contributed by atoms with van der Waals surface area (Å²) in [7, 11) is 0. The minimum Gasteiger partial charge on any atom is -0.337 e. The van der Waals surface area contributed by atoms with Crippen LogP contribution in [0, 0.1) is 17.0 Å². The Kier molecular flexibility index (Phi) is 6.27. The molecule has 1 atom stereocenters. The molecule has 3 heterocycles. The van der Waals surface area contributed by atoms with Gasteiger partial charge in [-0.2, -0.15) is 18.3 Å². The van der Waals surface area contributed by atoms with Crippen LogP contribution in [0.5, 0.6) is 0 Å². The van der Waals surface area contributed by atoms with E-state index in [9.17, 15) is 23.3 Å². The smallest absolute Gasteiger partial charge is 0.337 e. The molecule has 0 fully saturated rings. The number of aromatic nitrogens is 2. The van der Waals surface area contributed by atoms with E-state index in [2.05, 4.69) is 5.32 Å². The first-order chi connectivity index (χ1) is 21.2. The van der Waals surface area contributed by atoms with Crippen LogP contribution < -0.4 is 10.2 Å². The molecule has 1 N–H and O–H groups in total. The van der Waals surface area contributed by atoms with E-state index in [1.165, 1.54) is 24.3 Å². The van der Waals surface area contributed by atoms with E-state index < -0.39 is 22.7 Å². The average Bonchev–Trinajstić information content (AvgIpc) is 3.36. The Bertz CT molecular complexity index is 2000. The number of benzene rings is 4. The highest BCUT2D eigenvalue weighted by molar-refractivity contribution is 6.51. The van der Waals surface area contributed by atoms with Crippen LogP contribution in [0.3, 0.4) is 0 Å². The van der Waals surface area contributed by atoms with Gasteiger partial charge in [-0.05, 0) is 55.0 Å². The first-order valence-electron chi connectivity index (χ1n) is 13.6. The minimum atomic E-state index is -4.53. The molecule has 0 unspecified atom stereocenters. The van der Waals surface area contributed by atoms with Crippen LogP contribution in [0.4, 0.5) is 41.7 Å². The average molecular weight is 594 g/mol. The van der Waals surface area contributed by atoms with Crippen molar-refractivity contribution in [2.24, 2.45) is 9.98 Å². The predicted octanol–water partition coefficient (Wildman–Crippen LogP) is 7.90. The Labute approximate surface area is 248 Å². The number of nitro groups is 1. The number of amidine groups is 2. The number of non-ortho nitro benzene ring substituents is 1. The van der Waals surface area contributed by atoms with E-state index in [0.717, 1.165) is 23.4 Å². The maximum absolute atomic E-state index is 13.6. The molecule has 218 valence electrons. The number of nitrogens with zero attached hydrogens (tertiary/aromatic N) is 6. The van der Waals surface area contributed by atoms with Crippen molar-refractivity contribution in [1.82, 2.24) is 9.78 Å². The molecule has 7 rings (SSSR count). The number of halogens is 3. The Balaban J connectivity index is 1.48. The molecule has 0 aliphatic carbocycles. The highest BCUT2D eigenvalue weighted by Gasteiger charge is 2.42. The van der Waals surface area contributed by atoms with Gasteiger partial charge in [0.2, 0.25) is 0 Å². The van der Waals surface area contributed by atoms with Gasteiger partial charge >= 0.3 is 6.18 Å². The maximum atomic E-state index is 13.6. The van der Waals surface area contributed by atoms with Gasteiger partial charge in [0.25, 0.3) is 5.69 Å². The Morgan fingerprint density at radius 2 is 1.64 bits per heavy atom. The molecule has 0 saturated heterocycles. The number of hydrogen-bond acceptors (Lipinski definition) is 7. The first-order valence-corrected chi connectivity index (χ1v) is 13.6. The van der Waals surface area contributed by atoms with Crippen molar-refractivity contribution in [1.29, 1.82) is 0 Å². The van der Waals surface area contributed by atoms with Gasteiger partial charge in [-0.3, -0.25) is 10.1 Å². The number of hydrogen-bond donors (Lipinski definition) is 1. The molecule has 0 saturated carbocycles. The summed E-state index contributed by atoms with van der Waals surface area (Å²) in [6.07, 6.45) is -4.53. The topological polar surface area (TPSA) is 101 Å². The highest BCUT2D eigenvalue weighted by atomic mass is 19.4. The van der Waals surface area contributed by atoms with Crippen molar-refractivity contribution in [3.63, 3.8) is 0 Å². The second-order valence-corrected chi connectivity index (χ2v) is 10.3. The fourth-order valence-corrected chi connectivity index (χ4v) is 5.58. The van der Waals surface area contributed by atoms with Gasteiger partial charge in [0.05, 0.1) is 39.3 Å². The van der Waals surface area contributed by atoms with Crippen LogP contribution in [0.15, 0.2) is 113 Å². The van der Waals surface area contributed by atoms with Crippen molar-refractivity contribution in [3.8, 4) is 5.69 Å². The van der Waals surface area contributed by atoms with Crippen molar-refractivity contribution >= 4 is 40.2 Å². The Hall–Kier alpha value is -5.78. The minimum absolute atomic E-state index is 0.0810. The number of nitrogens with one attached hydrogen (secondary N) is 1. The molecule has 0 amide bonds. The van der Waals surface area contributed by atoms with E-state index in [4.69, 9.17) is 15.1 Å². The second kappa shape index (κ2) is 10.2. The number of anilines is 2. The summed E-state index contributed by atoms with van der Waals surface area (Å²) < 4.78 is 42.4. The number of para-hydroxylation sites is 3. The van der Waals surface area contributed by atoms with Crippen LogP contribution in [0.2, 0.25) is 0 Å². The van der Waals surface area contributed by atoms with E-state index in [1.807, 2.05) is 60.4 Å². The van der Waals surface area contributed by atoms with Crippen molar-refractivity contribution in [3.05, 3.63) is 136 Å². The Morgan fingerprint density at radius 1 is 0.886 bits per heavy atom. The molecular weight excluding hydrogens is 571 g/mol. The fourth-order valence-electron chi connectivity index (χ4n) is 5.58. The molecular formula is C32H22F3N7O2. The molecule has 4 aromatic carbocycles. The monoisotopic (exact) mass is 593 g/mol. The molecule has 1 aromatic heterocycles. The zero-order chi connectivity index (χ0) is 30.6. The molecule has 5 aromatic rings. The number of aliphatic imine (C=N–C) groups is 2. The molecule has 12 heteroatoms. The zero-order valence-corrected chi connectivity index (χ0v) is 23.0. The summed E-state index contributed by atoms with van der Waals surface area (Å²) in [6.45, 7) is 1.86. The van der Waals surface area contributed by atoms with E-state index in [1.54, 1.807) is 22.9 Å². The molecule has 2 aliphatic heterocycles. The quantitative estimate of drug-likeness (QED) is 0.169. The third-order valence-corrected chi connectivity index (χ3v) is 7.49. The second-order valence-electron chi connectivity index (χ2n) is 10.3. The standard InChI is InChI=1S/C32H22F3N7O2/c1-19-27-28(20-9-7-14-24(17-20)42(43)44)40-26-16-6-5-15-25(26)37-29(36-22-11-8-10-21(18-22)32(33,34)35)31(40)38-30(27)41(39-19)23-12-3-2-4-13-23/h2-18,28H,1H3,(H,36,37)/t28-/m0/s1. The van der Waals surface area contributed by atoms with Crippen LogP contribution in [-0.4, -0.2) is 26.4 Å². The van der Waals surface area contributed by atoms with Crippen LogP contribution in [0.25, 0.3) is 5.69 Å². The highest BCUT2D eigenvalue weighted by Crippen LogP contribution is 2.48. The zero-order valence-electron chi connectivity index (χ0n) is 23.0. The lowest BCUT2D eigenvalue weighted by Gasteiger charge is -2.40. The summed E-state index contributed by atoms with van der Waals surface area (Å²) in [5, 5.41) is 19.7. The molecule has 44 heavy (non-hydrogen) atoms. The Morgan fingerprint density at radius 3 is 2.41 bits per heavy atom.